The molecule has 0 aromatic heterocycles. The van der Waals surface area contributed by atoms with Crippen LogP contribution >= 0.6 is 0 Å². The number of ether oxygens (including phenoxy) is 1. The molecule has 8 atom stereocenters. The number of ketones is 1. The summed E-state index contributed by atoms with van der Waals surface area (Å²) in [6, 6.07) is 8.94. The maximum Gasteiger partial charge on any atom is 0.308 e. The highest BCUT2D eigenvalue weighted by molar-refractivity contribution is 6.04. The highest BCUT2D eigenvalue weighted by Gasteiger charge is 2.83. The van der Waals surface area contributed by atoms with E-state index < -0.39 is 51.8 Å². The van der Waals surface area contributed by atoms with Crippen LogP contribution < -0.4 is 5.73 Å². The van der Waals surface area contributed by atoms with E-state index in [4.69, 9.17) is 10.5 Å². The Morgan fingerprint density at radius 3 is 2.50 bits per heavy atom. The molecule has 4 aliphatic carbocycles. The van der Waals surface area contributed by atoms with Gasteiger partial charge in [0.1, 0.15) is 11.2 Å². The lowest BCUT2D eigenvalue weighted by molar-refractivity contribution is -0.187. The molecule has 36 heavy (non-hydrogen) atoms. The van der Waals surface area contributed by atoms with E-state index in [1.54, 1.807) is 13.0 Å². The van der Waals surface area contributed by atoms with Gasteiger partial charge < -0.3 is 25.8 Å². The van der Waals surface area contributed by atoms with Gasteiger partial charge in [-0.15, -0.1) is 0 Å². The Hall–Kier alpha value is -2.32. The molecule has 0 bridgehead atoms. The van der Waals surface area contributed by atoms with Crippen molar-refractivity contribution in [1.82, 2.24) is 0 Å². The molecular formula is C29H37NO6. The van der Waals surface area contributed by atoms with Crippen molar-refractivity contribution < 1.29 is 29.6 Å². The third-order valence-electron chi connectivity index (χ3n) is 9.79. The number of carbonyl (C=O) groups excluding carboxylic acids is 2. The lowest BCUT2D eigenvalue weighted by atomic mass is 9.60. The van der Waals surface area contributed by atoms with E-state index in [-0.39, 0.29) is 31.3 Å². The number of hydrogen-bond acceptors (Lipinski definition) is 7. The molecule has 5 N–H and O–H groups in total. The van der Waals surface area contributed by atoms with Gasteiger partial charge in [0, 0.05) is 35.6 Å². The minimum absolute atomic E-state index is 0.0295. The normalized spacial score (nSPS) is 41.2. The topological polar surface area (TPSA) is 130 Å². The van der Waals surface area contributed by atoms with E-state index >= 15 is 0 Å². The van der Waals surface area contributed by atoms with Crippen LogP contribution in [0.3, 0.4) is 0 Å². The van der Waals surface area contributed by atoms with Gasteiger partial charge in [0.05, 0.1) is 18.6 Å². The Bertz CT molecular complexity index is 1160. The molecule has 0 saturated heterocycles. The van der Waals surface area contributed by atoms with Gasteiger partial charge in [-0.2, -0.15) is 0 Å². The van der Waals surface area contributed by atoms with E-state index in [2.05, 4.69) is 0 Å². The summed E-state index contributed by atoms with van der Waals surface area (Å²) in [4.78, 5) is 26.2. The van der Waals surface area contributed by atoms with E-state index in [1.165, 1.54) is 0 Å². The first-order chi connectivity index (χ1) is 16.8. The van der Waals surface area contributed by atoms with Crippen molar-refractivity contribution in [2.45, 2.75) is 69.8 Å². The second-order valence-electron chi connectivity index (χ2n) is 12.0. The zero-order chi connectivity index (χ0) is 26.3. The van der Waals surface area contributed by atoms with Crippen LogP contribution in [0.5, 0.6) is 0 Å². The summed E-state index contributed by atoms with van der Waals surface area (Å²) in [7, 11) is 0. The summed E-state index contributed by atoms with van der Waals surface area (Å²) >= 11 is 0. The number of nitrogens with two attached hydrogens (primary N) is 1. The van der Waals surface area contributed by atoms with Crippen LogP contribution in [0.15, 0.2) is 53.6 Å². The van der Waals surface area contributed by atoms with Crippen molar-refractivity contribution >= 4 is 11.8 Å². The summed E-state index contributed by atoms with van der Waals surface area (Å²) in [6.07, 6.45) is 3.94. The van der Waals surface area contributed by atoms with Crippen molar-refractivity contribution in [1.29, 1.82) is 0 Å². The average Bonchev–Trinajstić information content (AvgIpc) is 3.23. The summed E-state index contributed by atoms with van der Waals surface area (Å²) in [5.41, 5.74) is 3.60. The fraction of sp³-hybridized carbons (Fsp3) is 0.586. The first-order valence-corrected chi connectivity index (χ1v) is 12.8. The molecule has 0 heterocycles. The molecule has 1 unspecified atom stereocenters. The van der Waals surface area contributed by atoms with Crippen LogP contribution in [0.25, 0.3) is 0 Å². The maximum absolute atomic E-state index is 13.2. The maximum atomic E-state index is 13.2. The van der Waals surface area contributed by atoms with Crippen LogP contribution in [-0.4, -0.2) is 50.5 Å². The highest BCUT2D eigenvalue weighted by Crippen LogP contribution is 2.76. The molecule has 0 aliphatic heterocycles. The molecule has 5 rings (SSSR count). The molecule has 2 saturated carbocycles. The van der Waals surface area contributed by atoms with Gasteiger partial charge in [0.2, 0.25) is 0 Å². The van der Waals surface area contributed by atoms with Gasteiger partial charge in [-0.1, -0.05) is 63.3 Å². The third-order valence-corrected chi connectivity index (χ3v) is 9.79. The van der Waals surface area contributed by atoms with Gasteiger partial charge >= 0.3 is 5.97 Å². The van der Waals surface area contributed by atoms with E-state index in [0.29, 0.717) is 17.6 Å². The van der Waals surface area contributed by atoms with E-state index in [0.717, 1.165) is 5.56 Å². The highest BCUT2D eigenvalue weighted by atomic mass is 16.6. The van der Waals surface area contributed by atoms with Crippen molar-refractivity contribution in [3.63, 3.8) is 0 Å². The number of aliphatic hydroxyl groups is 3. The number of rotatable bonds is 5. The quantitative estimate of drug-likeness (QED) is 0.365. The Morgan fingerprint density at radius 1 is 1.19 bits per heavy atom. The summed E-state index contributed by atoms with van der Waals surface area (Å²) in [5, 5.41) is 34.0. The van der Waals surface area contributed by atoms with E-state index in [9.17, 15) is 24.9 Å². The SMILES string of the molecule is CC1=C[C@H]2[C@@]3(O)[C@H](C)C[C@]4(OC(=O)C[C@@H](N)c5ccccc5)C([C@@H]3C=C(CO)C[C@]2(O)C1=O)C4(C)C. The first-order valence-electron chi connectivity index (χ1n) is 12.8. The average molecular weight is 496 g/mol. The van der Waals surface area contributed by atoms with Crippen molar-refractivity contribution in [2.75, 3.05) is 6.61 Å². The predicted octanol–water partition coefficient (Wildman–Crippen LogP) is 2.60. The molecule has 1 aromatic carbocycles. The van der Waals surface area contributed by atoms with Gasteiger partial charge in [-0.25, -0.2) is 0 Å². The molecule has 7 heteroatoms. The second-order valence-corrected chi connectivity index (χ2v) is 12.0. The van der Waals surface area contributed by atoms with Crippen molar-refractivity contribution in [3.05, 3.63) is 59.2 Å². The number of Topliss-reactive ketones (excluding diaryl/α,β-unsaturated/α-hetero) is 1. The Morgan fingerprint density at radius 2 is 1.86 bits per heavy atom. The Balaban J connectivity index is 1.49. The van der Waals surface area contributed by atoms with Crippen molar-refractivity contribution in [3.8, 4) is 0 Å². The number of fused-ring (bicyclic) bond motifs is 5. The van der Waals surface area contributed by atoms with Gasteiger partial charge in [-0.3, -0.25) is 9.59 Å². The molecule has 2 fully saturated rings. The number of aliphatic hydroxyl groups excluding tert-OH is 1. The van der Waals surface area contributed by atoms with Crippen LogP contribution in [0, 0.1) is 29.1 Å². The second kappa shape index (κ2) is 8.09. The summed E-state index contributed by atoms with van der Waals surface area (Å²) in [6.45, 7) is 7.30. The Labute approximate surface area is 212 Å². The zero-order valence-electron chi connectivity index (χ0n) is 21.4. The van der Waals surface area contributed by atoms with E-state index in [1.807, 2.05) is 57.2 Å². The minimum atomic E-state index is -1.80. The molecule has 1 aromatic rings. The lowest BCUT2D eigenvalue weighted by Crippen LogP contribution is -2.61. The summed E-state index contributed by atoms with van der Waals surface area (Å²) < 4.78 is 6.25. The number of benzene rings is 1. The minimum Gasteiger partial charge on any atom is -0.458 e. The van der Waals surface area contributed by atoms with Gasteiger partial charge in [0.25, 0.3) is 0 Å². The molecule has 4 aliphatic rings. The monoisotopic (exact) mass is 495 g/mol. The van der Waals surface area contributed by atoms with Crippen LogP contribution in [0.2, 0.25) is 0 Å². The first kappa shape index (κ1) is 25.3. The molecule has 0 amide bonds. The van der Waals surface area contributed by atoms with Crippen LogP contribution in [0.1, 0.15) is 58.6 Å². The Kier molecular flexibility index (Phi) is 5.69. The van der Waals surface area contributed by atoms with Crippen LogP contribution in [-0.2, 0) is 14.3 Å². The fourth-order valence-corrected chi connectivity index (χ4v) is 7.84. The largest absolute Gasteiger partial charge is 0.458 e. The van der Waals surface area contributed by atoms with Crippen molar-refractivity contribution in [2.24, 2.45) is 34.8 Å². The number of carbonyl (C=O) groups is 2. The standard InChI is InChI=1S/C29H37NO6/c1-16-10-22-27(34,25(16)33)14-18(15-31)11-20-24-26(3,4)28(24,13-17(2)29(20,22)35)36-23(32)12-21(30)19-8-6-5-7-9-19/h5-11,17,20-22,24,31,34-35H,12-15,30H2,1-4H3/t17-,20+,21-,22-,24?,27-,28+,29-/m1/s1. The molecular weight excluding hydrogens is 458 g/mol. The zero-order valence-corrected chi connectivity index (χ0v) is 21.4. The third kappa shape index (κ3) is 3.26. The summed E-state index contributed by atoms with van der Waals surface area (Å²) in [5.74, 6) is -2.74. The fourth-order valence-electron chi connectivity index (χ4n) is 7.84. The van der Waals surface area contributed by atoms with Gasteiger partial charge in [0.15, 0.2) is 5.78 Å². The predicted molar refractivity (Wildman–Crippen MR) is 133 cm³/mol. The molecule has 0 spiro atoms. The number of esters is 1. The number of hydrogen-bond donors (Lipinski definition) is 4. The smallest absolute Gasteiger partial charge is 0.308 e. The molecule has 194 valence electrons. The lowest BCUT2D eigenvalue weighted by Gasteiger charge is -2.50. The molecule has 0 radical (unpaired) electrons. The van der Waals surface area contributed by atoms with Crippen LogP contribution in [0.4, 0.5) is 0 Å². The van der Waals surface area contributed by atoms with Gasteiger partial charge in [-0.05, 0) is 36.0 Å². The molecule has 7 nitrogen and oxygen atoms in total.